The van der Waals surface area contributed by atoms with Gasteiger partial charge in [-0.25, -0.2) is 0 Å². The van der Waals surface area contributed by atoms with Gasteiger partial charge in [-0.1, -0.05) is 19.1 Å². The molecule has 2 rings (SSSR count). The standard InChI is InChI=1S/C17H18N2O5/c1-3-12-4-6-13(7-5-12)18-17(20)11-24-16-10-14(19(21)22)8-9-15(16)23-2/h4-10H,3,11H2,1-2H3,(H,18,20). The maximum atomic E-state index is 11.9. The number of anilines is 1. The van der Waals surface area contributed by atoms with E-state index in [0.717, 1.165) is 6.42 Å². The monoisotopic (exact) mass is 330 g/mol. The minimum absolute atomic E-state index is 0.138. The molecule has 0 aliphatic heterocycles. The van der Waals surface area contributed by atoms with Gasteiger partial charge in [0.15, 0.2) is 18.1 Å². The van der Waals surface area contributed by atoms with Gasteiger partial charge in [0.05, 0.1) is 18.1 Å². The zero-order chi connectivity index (χ0) is 17.5. The third-order valence-electron chi connectivity index (χ3n) is 3.36. The Balaban J connectivity index is 2.00. The van der Waals surface area contributed by atoms with Crippen LogP contribution in [0.3, 0.4) is 0 Å². The molecule has 7 heteroatoms. The number of non-ortho nitro benzene ring substituents is 1. The summed E-state index contributed by atoms with van der Waals surface area (Å²) in [4.78, 5) is 22.2. The Morgan fingerprint density at radius 3 is 2.46 bits per heavy atom. The molecule has 24 heavy (non-hydrogen) atoms. The lowest BCUT2D eigenvalue weighted by Gasteiger charge is -2.11. The molecule has 0 saturated heterocycles. The van der Waals surface area contributed by atoms with Crippen molar-refractivity contribution < 1.29 is 19.2 Å². The molecular weight excluding hydrogens is 312 g/mol. The number of benzene rings is 2. The number of nitro groups is 1. The molecule has 0 saturated carbocycles. The fourth-order valence-corrected chi connectivity index (χ4v) is 2.06. The highest BCUT2D eigenvalue weighted by atomic mass is 16.6. The second-order valence-electron chi connectivity index (χ2n) is 4.98. The summed E-state index contributed by atoms with van der Waals surface area (Å²) in [6, 6.07) is 11.4. The fourth-order valence-electron chi connectivity index (χ4n) is 2.06. The lowest BCUT2D eigenvalue weighted by atomic mass is 10.1. The largest absolute Gasteiger partial charge is 0.493 e. The first-order valence-electron chi connectivity index (χ1n) is 7.37. The topological polar surface area (TPSA) is 90.7 Å². The Bertz CT molecular complexity index is 728. The summed E-state index contributed by atoms with van der Waals surface area (Å²) in [5.41, 5.74) is 1.69. The molecule has 0 radical (unpaired) electrons. The van der Waals surface area contributed by atoms with Crippen LogP contribution in [-0.4, -0.2) is 24.5 Å². The molecule has 0 bridgehead atoms. The van der Waals surface area contributed by atoms with E-state index in [1.165, 1.54) is 30.9 Å². The molecule has 126 valence electrons. The highest BCUT2D eigenvalue weighted by molar-refractivity contribution is 5.91. The van der Waals surface area contributed by atoms with E-state index in [2.05, 4.69) is 5.32 Å². The van der Waals surface area contributed by atoms with E-state index in [9.17, 15) is 14.9 Å². The molecular formula is C17H18N2O5. The zero-order valence-electron chi connectivity index (χ0n) is 13.4. The van der Waals surface area contributed by atoms with E-state index in [1.54, 1.807) is 0 Å². The SMILES string of the molecule is CCc1ccc(NC(=O)COc2cc([N+](=O)[O-])ccc2OC)cc1. The summed E-state index contributed by atoms with van der Waals surface area (Å²) in [6.07, 6.45) is 0.921. The molecule has 2 aromatic rings. The van der Waals surface area contributed by atoms with Gasteiger partial charge in [0, 0.05) is 11.8 Å². The Kier molecular flexibility index (Phi) is 5.73. The molecule has 0 spiro atoms. The van der Waals surface area contributed by atoms with Crippen LogP contribution in [0.25, 0.3) is 0 Å². The maximum Gasteiger partial charge on any atom is 0.273 e. The molecule has 0 heterocycles. The highest BCUT2D eigenvalue weighted by Crippen LogP contribution is 2.31. The molecule has 0 fully saturated rings. The predicted octanol–water partition coefficient (Wildman–Crippen LogP) is 3.18. The Morgan fingerprint density at radius 2 is 1.88 bits per heavy atom. The van der Waals surface area contributed by atoms with Gasteiger partial charge in [-0.2, -0.15) is 0 Å². The number of ether oxygens (including phenoxy) is 2. The van der Waals surface area contributed by atoms with E-state index < -0.39 is 4.92 Å². The van der Waals surface area contributed by atoms with Crippen LogP contribution in [0, 0.1) is 10.1 Å². The van der Waals surface area contributed by atoms with Crippen LogP contribution >= 0.6 is 0 Å². The minimum atomic E-state index is -0.540. The van der Waals surface area contributed by atoms with Crippen LogP contribution in [0.5, 0.6) is 11.5 Å². The van der Waals surface area contributed by atoms with Crippen molar-refractivity contribution in [3.05, 3.63) is 58.1 Å². The predicted molar refractivity (Wildman–Crippen MR) is 89.6 cm³/mol. The van der Waals surface area contributed by atoms with Crippen molar-refractivity contribution in [1.82, 2.24) is 0 Å². The van der Waals surface area contributed by atoms with E-state index in [4.69, 9.17) is 9.47 Å². The number of carbonyl (C=O) groups is 1. The summed E-state index contributed by atoms with van der Waals surface area (Å²) in [7, 11) is 1.42. The van der Waals surface area contributed by atoms with Crippen LogP contribution in [0.15, 0.2) is 42.5 Å². The summed E-state index contributed by atoms with van der Waals surface area (Å²) in [5, 5.41) is 13.5. The number of carbonyl (C=O) groups excluding carboxylic acids is 1. The number of aryl methyl sites for hydroxylation is 1. The van der Waals surface area contributed by atoms with E-state index in [1.807, 2.05) is 31.2 Å². The average molecular weight is 330 g/mol. The van der Waals surface area contributed by atoms with E-state index >= 15 is 0 Å². The second kappa shape index (κ2) is 7.96. The van der Waals surface area contributed by atoms with Crippen LogP contribution in [0.1, 0.15) is 12.5 Å². The second-order valence-corrected chi connectivity index (χ2v) is 4.98. The van der Waals surface area contributed by atoms with Crippen molar-refractivity contribution in [2.45, 2.75) is 13.3 Å². The lowest BCUT2D eigenvalue weighted by Crippen LogP contribution is -2.20. The van der Waals surface area contributed by atoms with Crippen molar-refractivity contribution in [2.75, 3.05) is 19.0 Å². The van der Waals surface area contributed by atoms with E-state index in [0.29, 0.717) is 11.4 Å². The number of hydrogen-bond donors (Lipinski definition) is 1. The number of nitrogens with one attached hydrogen (secondary N) is 1. The van der Waals surface area contributed by atoms with Crippen molar-refractivity contribution in [1.29, 1.82) is 0 Å². The van der Waals surface area contributed by atoms with Crippen molar-refractivity contribution in [2.24, 2.45) is 0 Å². The third-order valence-corrected chi connectivity index (χ3v) is 3.36. The highest BCUT2D eigenvalue weighted by Gasteiger charge is 2.14. The van der Waals surface area contributed by atoms with Crippen molar-refractivity contribution in [3.63, 3.8) is 0 Å². The normalized spacial score (nSPS) is 10.1. The fraction of sp³-hybridized carbons (Fsp3) is 0.235. The van der Waals surface area contributed by atoms with Gasteiger partial charge in [-0.05, 0) is 30.2 Å². The van der Waals surface area contributed by atoms with Crippen LogP contribution in [0.2, 0.25) is 0 Å². The van der Waals surface area contributed by atoms with Gasteiger partial charge in [-0.3, -0.25) is 14.9 Å². The maximum absolute atomic E-state index is 11.9. The van der Waals surface area contributed by atoms with Gasteiger partial charge < -0.3 is 14.8 Å². The Morgan fingerprint density at radius 1 is 1.17 bits per heavy atom. The number of hydrogen-bond acceptors (Lipinski definition) is 5. The average Bonchev–Trinajstić information content (AvgIpc) is 2.60. The first-order chi connectivity index (χ1) is 11.5. The molecule has 0 aliphatic carbocycles. The van der Waals surface area contributed by atoms with Gasteiger partial charge in [-0.15, -0.1) is 0 Å². The number of nitro benzene ring substituents is 1. The van der Waals surface area contributed by atoms with Crippen molar-refractivity contribution >= 4 is 17.3 Å². The Hall–Kier alpha value is -3.09. The van der Waals surface area contributed by atoms with E-state index in [-0.39, 0.29) is 24.0 Å². The summed E-state index contributed by atoms with van der Waals surface area (Å²) in [5.74, 6) is 0.0942. The number of methoxy groups -OCH3 is 1. The molecule has 7 nitrogen and oxygen atoms in total. The molecule has 1 N–H and O–H groups in total. The zero-order valence-corrected chi connectivity index (χ0v) is 13.4. The lowest BCUT2D eigenvalue weighted by molar-refractivity contribution is -0.385. The van der Waals surface area contributed by atoms with Crippen LogP contribution in [0.4, 0.5) is 11.4 Å². The Labute approximate surface area is 139 Å². The van der Waals surface area contributed by atoms with Crippen LogP contribution in [-0.2, 0) is 11.2 Å². The first-order valence-corrected chi connectivity index (χ1v) is 7.37. The molecule has 1 amide bonds. The molecule has 0 unspecified atom stereocenters. The first kappa shape index (κ1) is 17.3. The van der Waals surface area contributed by atoms with Gasteiger partial charge >= 0.3 is 0 Å². The molecule has 0 aliphatic rings. The number of rotatable bonds is 7. The van der Waals surface area contributed by atoms with Gasteiger partial charge in [0.1, 0.15) is 0 Å². The number of nitrogens with zero attached hydrogens (tertiary/aromatic N) is 1. The molecule has 0 atom stereocenters. The molecule has 2 aromatic carbocycles. The summed E-state index contributed by atoms with van der Waals surface area (Å²) < 4.78 is 10.4. The minimum Gasteiger partial charge on any atom is -0.493 e. The van der Waals surface area contributed by atoms with Gasteiger partial charge in [0.25, 0.3) is 11.6 Å². The smallest absolute Gasteiger partial charge is 0.273 e. The third kappa shape index (κ3) is 4.45. The summed E-state index contributed by atoms with van der Waals surface area (Å²) in [6.45, 7) is 1.76. The quantitative estimate of drug-likeness (QED) is 0.622. The number of amides is 1. The van der Waals surface area contributed by atoms with Crippen molar-refractivity contribution in [3.8, 4) is 11.5 Å². The van der Waals surface area contributed by atoms with Gasteiger partial charge in [0.2, 0.25) is 0 Å². The van der Waals surface area contributed by atoms with Crippen LogP contribution < -0.4 is 14.8 Å². The summed E-state index contributed by atoms with van der Waals surface area (Å²) >= 11 is 0. The molecule has 0 aromatic heterocycles.